The van der Waals surface area contributed by atoms with Gasteiger partial charge in [0.25, 0.3) is 0 Å². The van der Waals surface area contributed by atoms with Crippen molar-refractivity contribution in [1.82, 2.24) is 9.97 Å². The molecule has 2 aromatic rings. The van der Waals surface area contributed by atoms with Gasteiger partial charge in [0.15, 0.2) is 23.2 Å². The highest BCUT2D eigenvalue weighted by Gasteiger charge is 2.86. The molecule has 0 unspecified atom stereocenters. The largest absolute Gasteiger partial charge is 0.490 e. The van der Waals surface area contributed by atoms with Crippen molar-refractivity contribution in [1.29, 1.82) is 0 Å². The predicted molar refractivity (Wildman–Crippen MR) is 142 cm³/mol. The van der Waals surface area contributed by atoms with Crippen molar-refractivity contribution in [3.63, 3.8) is 0 Å². The second-order valence-corrected chi connectivity index (χ2v) is 11.0. The SMILES string of the molecule is CCCCCCCCOc1cnc(-c2ccc(CCCOCC(F)(F)C(F)(F)C(F)(F)OC(F)(F)C(F)(F)C(F)(F)C(F)(F)F)c(F)c2F)nc1. The zero-order valence-electron chi connectivity index (χ0n) is 26.1. The van der Waals surface area contributed by atoms with Gasteiger partial charge in [0, 0.05) is 6.61 Å². The van der Waals surface area contributed by atoms with E-state index in [1.807, 2.05) is 0 Å². The van der Waals surface area contributed by atoms with Gasteiger partial charge in [-0.05, 0) is 30.9 Å². The maximum Gasteiger partial charge on any atom is 0.460 e. The molecule has 0 fully saturated rings. The van der Waals surface area contributed by atoms with Crippen LogP contribution in [0.4, 0.5) is 74.6 Å². The Kier molecular flexibility index (Phi) is 14.4. The van der Waals surface area contributed by atoms with Gasteiger partial charge in [-0.1, -0.05) is 45.1 Å². The van der Waals surface area contributed by atoms with Crippen molar-refractivity contribution in [2.24, 2.45) is 0 Å². The summed E-state index contributed by atoms with van der Waals surface area (Å²) in [5.74, 6) is -32.4. The molecule has 0 radical (unpaired) electrons. The Balaban J connectivity index is 1.97. The Labute approximate surface area is 278 Å². The van der Waals surface area contributed by atoms with Crippen molar-refractivity contribution in [3.05, 3.63) is 41.7 Å². The molecule has 0 saturated heterocycles. The maximum atomic E-state index is 14.7. The number of hydrogen-bond acceptors (Lipinski definition) is 5. The van der Waals surface area contributed by atoms with Gasteiger partial charge in [0.1, 0.15) is 6.61 Å². The van der Waals surface area contributed by atoms with Gasteiger partial charge in [-0.3, -0.25) is 0 Å². The Morgan fingerprint density at radius 1 is 0.608 bits per heavy atom. The van der Waals surface area contributed by atoms with Crippen LogP contribution in [0, 0.1) is 11.6 Å². The van der Waals surface area contributed by atoms with E-state index in [2.05, 4.69) is 21.6 Å². The maximum absolute atomic E-state index is 14.7. The molecular formula is C29H29F17N2O3. The fourth-order valence-corrected chi connectivity index (χ4v) is 4.08. The summed E-state index contributed by atoms with van der Waals surface area (Å²) in [5, 5.41) is 0. The Hall–Kier alpha value is -3.17. The lowest BCUT2D eigenvalue weighted by Crippen LogP contribution is -2.66. The van der Waals surface area contributed by atoms with Crippen molar-refractivity contribution in [2.75, 3.05) is 19.8 Å². The first-order valence-electron chi connectivity index (χ1n) is 14.8. The number of halogens is 17. The first-order chi connectivity index (χ1) is 23.3. The summed E-state index contributed by atoms with van der Waals surface area (Å²) in [6, 6.07) is 2.03. The van der Waals surface area contributed by atoms with E-state index in [0.29, 0.717) is 6.61 Å². The molecule has 0 aliphatic heterocycles. The third-order valence-corrected chi connectivity index (χ3v) is 7.01. The fourth-order valence-electron chi connectivity index (χ4n) is 4.08. The lowest BCUT2D eigenvalue weighted by atomic mass is 10.1. The van der Waals surface area contributed by atoms with Crippen molar-refractivity contribution in [2.45, 2.75) is 100 Å². The number of nitrogens with zero attached hydrogens (tertiary/aromatic N) is 2. The van der Waals surface area contributed by atoms with E-state index in [4.69, 9.17) is 4.74 Å². The summed E-state index contributed by atoms with van der Waals surface area (Å²) in [4.78, 5) is 7.81. The van der Waals surface area contributed by atoms with Gasteiger partial charge in [-0.25, -0.2) is 23.5 Å². The molecular weight excluding hydrogens is 747 g/mol. The summed E-state index contributed by atoms with van der Waals surface area (Å²) in [6.45, 7) is -1.47. The first-order valence-corrected chi connectivity index (χ1v) is 14.8. The molecule has 22 heteroatoms. The van der Waals surface area contributed by atoms with Crippen LogP contribution < -0.4 is 4.74 Å². The van der Waals surface area contributed by atoms with Crippen LogP contribution in [0.3, 0.4) is 0 Å². The minimum atomic E-state index is -7.99. The molecule has 0 bridgehead atoms. The molecule has 5 nitrogen and oxygen atoms in total. The molecule has 2 rings (SSSR count). The van der Waals surface area contributed by atoms with Gasteiger partial charge in [0.2, 0.25) is 0 Å². The second-order valence-electron chi connectivity index (χ2n) is 11.0. The number of alkyl halides is 15. The standard InChI is InChI=1S/C29H29F17N2O3/c1-2-3-4-5-6-7-13-50-18-14-47-22(48-15-18)19-11-10-17(20(30)21(19)31)9-8-12-49-16-23(32,33)24(34,35)28(43,44)51-29(45,46)26(38,39)25(36,37)27(40,41)42/h10-11,14-15H,2-9,12-13,16H2,1H3. The normalized spacial score (nSPS) is 13.9. The van der Waals surface area contributed by atoms with E-state index in [-0.39, 0.29) is 11.6 Å². The Morgan fingerprint density at radius 3 is 1.73 bits per heavy atom. The lowest BCUT2D eigenvalue weighted by molar-refractivity contribution is -0.513. The van der Waals surface area contributed by atoms with E-state index in [1.54, 1.807) is 0 Å². The zero-order valence-corrected chi connectivity index (χ0v) is 26.1. The highest BCUT2D eigenvalue weighted by molar-refractivity contribution is 5.57. The first kappa shape index (κ1) is 44.0. The topological polar surface area (TPSA) is 53.5 Å². The molecule has 1 aromatic carbocycles. The highest BCUT2D eigenvalue weighted by atomic mass is 19.4. The van der Waals surface area contributed by atoms with Gasteiger partial charge in [-0.2, -0.15) is 65.9 Å². The van der Waals surface area contributed by atoms with Crippen molar-refractivity contribution >= 4 is 0 Å². The van der Waals surface area contributed by atoms with Crippen LogP contribution in [-0.2, 0) is 15.9 Å². The van der Waals surface area contributed by atoms with Gasteiger partial charge in [0.05, 0.1) is 24.6 Å². The molecule has 292 valence electrons. The molecule has 0 atom stereocenters. The third kappa shape index (κ3) is 10.0. The number of hydrogen-bond donors (Lipinski definition) is 0. The van der Waals surface area contributed by atoms with E-state index in [9.17, 15) is 74.6 Å². The minimum absolute atomic E-state index is 0.257. The number of unbranched alkanes of at least 4 members (excludes halogenated alkanes) is 5. The number of rotatable bonds is 21. The van der Waals surface area contributed by atoms with Crippen LogP contribution in [0.2, 0.25) is 0 Å². The molecule has 0 spiro atoms. The Morgan fingerprint density at radius 2 is 1.16 bits per heavy atom. The second kappa shape index (κ2) is 16.7. The summed E-state index contributed by atoms with van der Waals surface area (Å²) in [7, 11) is 0. The fraction of sp³-hybridized carbons (Fsp3) is 0.655. The molecule has 0 aliphatic carbocycles. The average Bonchev–Trinajstić information content (AvgIpc) is 3.01. The summed E-state index contributed by atoms with van der Waals surface area (Å²) in [5.41, 5.74) is -0.847. The predicted octanol–water partition coefficient (Wildman–Crippen LogP) is 10.4. The number of aromatic nitrogens is 2. The Bertz CT molecular complexity index is 1400. The van der Waals surface area contributed by atoms with Crippen LogP contribution in [-0.4, -0.2) is 71.9 Å². The van der Waals surface area contributed by atoms with E-state index >= 15 is 0 Å². The van der Waals surface area contributed by atoms with Crippen LogP contribution in [0.5, 0.6) is 5.75 Å². The van der Waals surface area contributed by atoms with Crippen LogP contribution >= 0.6 is 0 Å². The molecule has 1 aromatic heterocycles. The smallest absolute Gasteiger partial charge is 0.460 e. The van der Waals surface area contributed by atoms with Gasteiger partial charge < -0.3 is 9.47 Å². The minimum Gasteiger partial charge on any atom is -0.490 e. The van der Waals surface area contributed by atoms with Gasteiger partial charge in [-0.15, -0.1) is 0 Å². The monoisotopic (exact) mass is 776 g/mol. The molecule has 0 N–H and O–H groups in total. The van der Waals surface area contributed by atoms with Gasteiger partial charge >= 0.3 is 42.1 Å². The number of ether oxygens (including phenoxy) is 3. The van der Waals surface area contributed by atoms with Crippen molar-refractivity contribution in [3.8, 4) is 17.1 Å². The van der Waals surface area contributed by atoms with Crippen LogP contribution in [0.15, 0.2) is 24.5 Å². The number of benzene rings is 1. The molecule has 0 saturated carbocycles. The van der Waals surface area contributed by atoms with Crippen molar-refractivity contribution < 1.29 is 88.8 Å². The zero-order chi connectivity index (χ0) is 39.1. The van der Waals surface area contributed by atoms with E-state index < -0.39 is 90.9 Å². The molecule has 0 aliphatic rings. The van der Waals surface area contributed by atoms with E-state index in [0.717, 1.165) is 50.7 Å². The summed E-state index contributed by atoms with van der Waals surface area (Å²) in [6.07, 6.45) is -15.5. The highest BCUT2D eigenvalue weighted by Crippen LogP contribution is 2.57. The molecule has 1 heterocycles. The van der Waals surface area contributed by atoms with Crippen LogP contribution in [0.25, 0.3) is 11.4 Å². The lowest BCUT2D eigenvalue weighted by Gasteiger charge is -2.37. The van der Waals surface area contributed by atoms with Crippen LogP contribution in [0.1, 0.15) is 57.4 Å². The van der Waals surface area contributed by atoms with E-state index in [1.165, 1.54) is 17.1 Å². The average molecular weight is 777 g/mol. The summed E-state index contributed by atoms with van der Waals surface area (Å²) < 4.78 is 238. The summed E-state index contributed by atoms with van der Waals surface area (Å²) >= 11 is 0. The molecule has 51 heavy (non-hydrogen) atoms. The third-order valence-electron chi connectivity index (χ3n) is 7.01. The molecule has 0 amide bonds. The number of aryl methyl sites for hydroxylation is 1. The quantitative estimate of drug-likeness (QED) is 0.0934.